The van der Waals surface area contributed by atoms with E-state index in [9.17, 15) is 13.2 Å². The maximum atomic E-state index is 12.3. The molecule has 1 rings (SSSR count). The zero-order chi connectivity index (χ0) is 10.1. The summed E-state index contributed by atoms with van der Waals surface area (Å²) in [5, 5.41) is 8.68. The Bertz CT molecular complexity index is 309. The van der Waals surface area contributed by atoms with Gasteiger partial charge in [-0.05, 0) is 18.6 Å². The number of aliphatic hydroxyl groups is 1. The number of nitrogens with zero attached hydrogens (tertiary/aromatic N) is 1. The number of pyridine rings is 1. The lowest BCUT2D eigenvalue weighted by Gasteiger charge is -2.11. The van der Waals surface area contributed by atoms with Gasteiger partial charge in [0.25, 0.3) is 0 Å². The quantitative estimate of drug-likeness (QED) is 0.735. The molecule has 0 saturated heterocycles. The van der Waals surface area contributed by atoms with E-state index in [1.165, 1.54) is 6.92 Å². The summed E-state index contributed by atoms with van der Waals surface area (Å²) in [6.45, 7) is 0.817. The minimum atomic E-state index is -4.38. The Labute approximate surface area is 73.0 Å². The molecule has 0 bridgehead atoms. The molecule has 13 heavy (non-hydrogen) atoms. The van der Waals surface area contributed by atoms with Crippen molar-refractivity contribution in [1.82, 2.24) is 4.98 Å². The number of hydrogen-bond donors (Lipinski definition) is 1. The normalized spacial score (nSPS) is 11.8. The summed E-state index contributed by atoms with van der Waals surface area (Å²) >= 11 is 0. The van der Waals surface area contributed by atoms with Crippen LogP contribution in [0.3, 0.4) is 0 Å². The van der Waals surface area contributed by atoms with E-state index in [4.69, 9.17) is 5.11 Å². The van der Waals surface area contributed by atoms with E-state index >= 15 is 0 Å². The maximum absolute atomic E-state index is 12.3. The van der Waals surface area contributed by atoms with Crippen LogP contribution in [0.15, 0.2) is 12.3 Å². The van der Waals surface area contributed by atoms with Crippen LogP contribution in [-0.2, 0) is 12.8 Å². The standard InChI is InChI=1S/C8H8F3NO/c1-5-6(8(9,10)11)2-3-12-7(5)4-13/h2-3,13H,4H2,1H3. The molecule has 0 fully saturated rings. The number of hydrogen-bond acceptors (Lipinski definition) is 2. The highest BCUT2D eigenvalue weighted by molar-refractivity contribution is 5.30. The monoisotopic (exact) mass is 191 g/mol. The van der Waals surface area contributed by atoms with E-state index < -0.39 is 18.3 Å². The summed E-state index contributed by atoms with van der Waals surface area (Å²) in [5.74, 6) is 0. The molecule has 0 aliphatic heterocycles. The van der Waals surface area contributed by atoms with Crippen LogP contribution in [0.25, 0.3) is 0 Å². The van der Waals surface area contributed by atoms with E-state index in [-0.39, 0.29) is 11.3 Å². The molecule has 0 amide bonds. The molecule has 0 spiro atoms. The molecule has 0 atom stereocenters. The van der Waals surface area contributed by atoms with Crippen LogP contribution in [0.4, 0.5) is 13.2 Å². The largest absolute Gasteiger partial charge is 0.416 e. The highest BCUT2D eigenvalue weighted by atomic mass is 19.4. The minimum Gasteiger partial charge on any atom is -0.390 e. The van der Waals surface area contributed by atoms with Crippen molar-refractivity contribution in [2.24, 2.45) is 0 Å². The van der Waals surface area contributed by atoms with Crippen molar-refractivity contribution >= 4 is 0 Å². The second-order valence-electron chi connectivity index (χ2n) is 2.59. The van der Waals surface area contributed by atoms with Gasteiger partial charge in [0.15, 0.2) is 0 Å². The third-order valence-electron chi connectivity index (χ3n) is 1.76. The molecule has 5 heteroatoms. The zero-order valence-corrected chi connectivity index (χ0v) is 6.89. The highest BCUT2D eigenvalue weighted by Crippen LogP contribution is 2.32. The van der Waals surface area contributed by atoms with Crippen LogP contribution in [-0.4, -0.2) is 10.1 Å². The predicted octanol–water partition coefficient (Wildman–Crippen LogP) is 1.90. The molecule has 0 aromatic carbocycles. The molecular formula is C8H8F3NO. The molecule has 0 saturated carbocycles. The SMILES string of the molecule is Cc1c(C(F)(F)F)ccnc1CO. The fourth-order valence-electron chi connectivity index (χ4n) is 1.05. The van der Waals surface area contributed by atoms with E-state index in [2.05, 4.69) is 4.98 Å². The molecular weight excluding hydrogens is 183 g/mol. The van der Waals surface area contributed by atoms with E-state index in [0.29, 0.717) is 0 Å². The van der Waals surface area contributed by atoms with E-state index in [1.54, 1.807) is 0 Å². The van der Waals surface area contributed by atoms with Crippen molar-refractivity contribution in [3.8, 4) is 0 Å². The van der Waals surface area contributed by atoms with Crippen LogP contribution in [0.1, 0.15) is 16.8 Å². The lowest BCUT2D eigenvalue weighted by molar-refractivity contribution is -0.138. The first-order valence-corrected chi connectivity index (χ1v) is 3.59. The van der Waals surface area contributed by atoms with Crippen LogP contribution in [0, 0.1) is 6.92 Å². The van der Waals surface area contributed by atoms with Crippen molar-refractivity contribution in [3.63, 3.8) is 0 Å². The third kappa shape index (κ3) is 1.98. The van der Waals surface area contributed by atoms with Gasteiger partial charge in [-0.25, -0.2) is 0 Å². The van der Waals surface area contributed by atoms with Gasteiger partial charge >= 0.3 is 6.18 Å². The molecule has 0 aliphatic carbocycles. The molecule has 1 aromatic rings. The number of halogens is 3. The average Bonchev–Trinajstić information content (AvgIpc) is 2.02. The second kappa shape index (κ2) is 3.33. The lowest BCUT2D eigenvalue weighted by atomic mass is 10.1. The summed E-state index contributed by atoms with van der Waals surface area (Å²) in [6.07, 6.45) is -3.34. The number of rotatable bonds is 1. The van der Waals surface area contributed by atoms with Gasteiger partial charge in [-0.2, -0.15) is 13.2 Å². The van der Waals surface area contributed by atoms with Crippen LogP contribution >= 0.6 is 0 Å². The lowest BCUT2D eigenvalue weighted by Crippen LogP contribution is -2.10. The minimum absolute atomic E-state index is 0.0162. The molecule has 72 valence electrons. The highest BCUT2D eigenvalue weighted by Gasteiger charge is 2.32. The van der Waals surface area contributed by atoms with Gasteiger partial charge in [0, 0.05) is 6.20 Å². The Kier molecular flexibility index (Phi) is 2.56. The fraction of sp³-hybridized carbons (Fsp3) is 0.375. The van der Waals surface area contributed by atoms with Gasteiger partial charge in [0.1, 0.15) is 0 Å². The fourth-order valence-corrected chi connectivity index (χ4v) is 1.05. The summed E-state index contributed by atoms with van der Waals surface area (Å²) < 4.78 is 36.8. The molecule has 1 N–H and O–H groups in total. The van der Waals surface area contributed by atoms with Gasteiger partial charge in [0.05, 0.1) is 17.9 Å². The summed E-state index contributed by atoms with van der Waals surface area (Å²) in [5.41, 5.74) is -0.695. The van der Waals surface area contributed by atoms with Gasteiger partial charge < -0.3 is 5.11 Å². The van der Waals surface area contributed by atoms with E-state index in [1.807, 2.05) is 0 Å². The van der Waals surface area contributed by atoms with Crippen LogP contribution in [0.2, 0.25) is 0 Å². The van der Waals surface area contributed by atoms with Crippen molar-refractivity contribution in [2.45, 2.75) is 19.7 Å². The molecule has 2 nitrogen and oxygen atoms in total. The molecule has 1 heterocycles. The van der Waals surface area contributed by atoms with Crippen molar-refractivity contribution in [3.05, 3.63) is 29.1 Å². The Morgan fingerprint density at radius 2 is 2.08 bits per heavy atom. The molecule has 0 unspecified atom stereocenters. The number of aliphatic hydroxyl groups excluding tert-OH is 1. The Morgan fingerprint density at radius 1 is 1.46 bits per heavy atom. The summed E-state index contributed by atoms with van der Waals surface area (Å²) in [6, 6.07) is 0.897. The van der Waals surface area contributed by atoms with Crippen molar-refractivity contribution < 1.29 is 18.3 Å². The van der Waals surface area contributed by atoms with Crippen LogP contribution in [0.5, 0.6) is 0 Å². The molecule has 0 aliphatic rings. The number of alkyl halides is 3. The van der Waals surface area contributed by atoms with Crippen molar-refractivity contribution in [1.29, 1.82) is 0 Å². The molecule has 1 aromatic heterocycles. The first kappa shape index (κ1) is 9.98. The van der Waals surface area contributed by atoms with Gasteiger partial charge in [-0.3, -0.25) is 4.98 Å². The Balaban J connectivity index is 3.24. The Hall–Kier alpha value is -1.10. The van der Waals surface area contributed by atoms with Crippen molar-refractivity contribution in [2.75, 3.05) is 0 Å². The molecule has 0 radical (unpaired) electrons. The van der Waals surface area contributed by atoms with Gasteiger partial charge in [-0.1, -0.05) is 0 Å². The Morgan fingerprint density at radius 3 is 2.54 bits per heavy atom. The summed E-state index contributed by atoms with van der Waals surface area (Å²) in [4.78, 5) is 3.62. The maximum Gasteiger partial charge on any atom is 0.416 e. The topological polar surface area (TPSA) is 33.1 Å². The summed E-state index contributed by atoms with van der Waals surface area (Å²) in [7, 11) is 0. The predicted molar refractivity (Wildman–Crippen MR) is 39.9 cm³/mol. The van der Waals surface area contributed by atoms with Crippen LogP contribution < -0.4 is 0 Å². The third-order valence-corrected chi connectivity index (χ3v) is 1.76. The average molecular weight is 191 g/mol. The second-order valence-corrected chi connectivity index (χ2v) is 2.59. The zero-order valence-electron chi connectivity index (χ0n) is 6.89. The smallest absolute Gasteiger partial charge is 0.390 e. The first-order valence-electron chi connectivity index (χ1n) is 3.59. The first-order chi connectivity index (χ1) is 5.96. The van der Waals surface area contributed by atoms with Gasteiger partial charge in [0.2, 0.25) is 0 Å². The van der Waals surface area contributed by atoms with Gasteiger partial charge in [-0.15, -0.1) is 0 Å². The number of aromatic nitrogens is 1. The van der Waals surface area contributed by atoms with E-state index in [0.717, 1.165) is 12.3 Å².